The summed E-state index contributed by atoms with van der Waals surface area (Å²) >= 11 is 0. The lowest BCUT2D eigenvalue weighted by molar-refractivity contribution is -0.119. The van der Waals surface area contributed by atoms with Crippen molar-refractivity contribution in [1.29, 1.82) is 0 Å². The molecule has 2 aromatic carbocycles. The van der Waals surface area contributed by atoms with Gasteiger partial charge in [0.05, 0.1) is 11.7 Å². The van der Waals surface area contributed by atoms with Crippen molar-refractivity contribution in [2.75, 3.05) is 11.9 Å². The maximum Gasteiger partial charge on any atom is 0.338 e. The van der Waals surface area contributed by atoms with Crippen LogP contribution in [0, 0.1) is 20.8 Å². The molecule has 0 aliphatic heterocycles. The lowest BCUT2D eigenvalue weighted by Crippen LogP contribution is -2.22. The molecule has 138 valence electrons. The third kappa shape index (κ3) is 5.34. The SMILES string of the molecule is Cc1cc(C)c(NC(=O)COC(=O)c2ccc(OC(C)C)cc2)c(C)c1. The van der Waals surface area contributed by atoms with E-state index in [1.54, 1.807) is 24.3 Å². The first-order valence-corrected chi connectivity index (χ1v) is 8.58. The minimum atomic E-state index is -0.548. The molecule has 0 fully saturated rings. The number of hydrogen-bond donors (Lipinski definition) is 1. The minimum absolute atomic E-state index is 0.0604. The Hall–Kier alpha value is -2.82. The average Bonchev–Trinajstić information content (AvgIpc) is 2.56. The van der Waals surface area contributed by atoms with Crippen LogP contribution < -0.4 is 10.1 Å². The molecule has 1 amide bonds. The summed E-state index contributed by atoms with van der Waals surface area (Å²) in [4.78, 5) is 24.2. The highest BCUT2D eigenvalue weighted by atomic mass is 16.5. The number of anilines is 1. The number of carbonyl (C=O) groups is 2. The summed E-state index contributed by atoms with van der Waals surface area (Å²) in [5.41, 5.74) is 4.21. The van der Waals surface area contributed by atoms with Crippen molar-refractivity contribution in [2.45, 2.75) is 40.7 Å². The first-order valence-electron chi connectivity index (χ1n) is 8.58. The van der Waals surface area contributed by atoms with E-state index in [0.717, 1.165) is 22.4 Å². The molecule has 0 radical (unpaired) electrons. The fourth-order valence-electron chi connectivity index (χ4n) is 2.71. The van der Waals surface area contributed by atoms with Gasteiger partial charge in [0.1, 0.15) is 5.75 Å². The predicted molar refractivity (Wildman–Crippen MR) is 102 cm³/mol. The maximum atomic E-state index is 12.1. The first-order chi connectivity index (χ1) is 12.3. The van der Waals surface area contributed by atoms with Gasteiger partial charge in [-0.05, 0) is 70.0 Å². The van der Waals surface area contributed by atoms with Gasteiger partial charge in [-0.15, -0.1) is 0 Å². The van der Waals surface area contributed by atoms with Gasteiger partial charge in [0.2, 0.25) is 0 Å². The van der Waals surface area contributed by atoms with E-state index in [4.69, 9.17) is 9.47 Å². The highest BCUT2D eigenvalue weighted by molar-refractivity contribution is 5.96. The molecule has 0 unspecified atom stereocenters. The van der Waals surface area contributed by atoms with E-state index in [1.165, 1.54) is 0 Å². The minimum Gasteiger partial charge on any atom is -0.491 e. The van der Waals surface area contributed by atoms with Crippen LogP contribution in [0.25, 0.3) is 0 Å². The van der Waals surface area contributed by atoms with Gasteiger partial charge in [-0.1, -0.05) is 17.7 Å². The molecule has 0 aromatic heterocycles. The molecule has 5 heteroatoms. The van der Waals surface area contributed by atoms with Crippen molar-refractivity contribution in [3.05, 3.63) is 58.7 Å². The molecular formula is C21H25NO4. The number of ether oxygens (including phenoxy) is 2. The molecular weight excluding hydrogens is 330 g/mol. The Morgan fingerprint density at radius 1 is 1.00 bits per heavy atom. The number of amides is 1. The van der Waals surface area contributed by atoms with Crippen LogP contribution in [0.5, 0.6) is 5.75 Å². The smallest absolute Gasteiger partial charge is 0.338 e. The Morgan fingerprint density at radius 2 is 1.58 bits per heavy atom. The summed E-state index contributed by atoms with van der Waals surface area (Å²) < 4.78 is 10.6. The van der Waals surface area contributed by atoms with Crippen molar-refractivity contribution in [2.24, 2.45) is 0 Å². The lowest BCUT2D eigenvalue weighted by atomic mass is 10.1. The third-order valence-electron chi connectivity index (χ3n) is 3.74. The highest BCUT2D eigenvalue weighted by Gasteiger charge is 2.13. The molecule has 0 saturated heterocycles. The molecule has 0 aliphatic rings. The average molecular weight is 355 g/mol. The van der Waals surface area contributed by atoms with Crippen molar-refractivity contribution >= 4 is 17.6 Å². The lowest BCUT2D eigenvalue weighted by Gasteiger charge is -2.13. The van der Waals surface area contributed by atoms with Gasteiger partial charge < -0.3 is 14.8 Å². The van der Waals surface area contributed by atoms with Crippen LogP contribution in [0.15, 0.2) is 36.4 Å². The Kier molecular flexibility index (Phi) is 6.39. The molecule has 1 N–H and O–H groups in total. The second kappa shape index (κ2) is 8.52. The van der Waals surface area contributed by atoms with Crippen molar-refractivity contribution in [3.63, 3.8) is 0 Å². The number of nitrogens with one attached hydrogen (secondary N) is 1. The second-order valence-electron chi connectivity index (χ2n) is 6.59. The van der Waals surface area contributed by atoms with E-state index in [0.29, 0.717) is 11.3 Å². The van der Waals surface area contributed by atoms with E-state index in [9.17, 15) is 9.59 Å². The molecule has 0 heterocycles. The molecule has 26 heavy (non-hydrogen) atoms. The number of benzene rings is 2. The maximum absolute atomic E-state index is 12.1. The quantitative estimate of drug-likeness (QED) is 0.789. The summed E-state index contributed by atoms with van der Waals surface area (Å²) in [5.74, 6) is -0.235. The van der Waals surface area contributed by atoms with Crippen LogP contribution in [-0.4, -0.2) is 24.6 Å². The number of esters is 1. The fraction of sp³-hybridized carbons (Fsp3) is 0.333. The van der Waals surface area contributed by atoms with Crippen molar-refractivity contribution < 1.29 is 19.1 Å². The number of carbonyl (C=O) groups excluding carboxylic acids is 2. The van der Waals surface area contributed by atoms with Crippen LogP contribution >= 0.6 is 0 Å². The van der Waals surface area contributed by atoms with Gasteiger partial charge in [-0.2, -0.15) is 0 Å². The monoisotopic (exact) mass is 355 g/mol. The molecule has 0 saturated carbocycles. The first kappa shape index (κ1) is 19.5. The zero-order chi connectivity index (χ0) is 19.3. The van der Waals surface area contributed by atoms with E-state index in [1.807, 2.05) is 46.8 Å². The van der Waals surface area contributed by atoms with Gasteiger partial charge >= 0.3 is 5.97 Å². The van der Waals surface area contributed by atoms with Gasteiger partial charge in [0.15, 0.2) is 6.61 Å². The molecule has 2 aromatic rings. The van der Waals surface area contributed by atoms with E-state index in [-0.39, 0.29) is 18.6 Å². The third-order valence-corrected chi connectivity index (χ3v) is 3.74. The summed E-state index contributed by atoms with van der Waals surface area (Å²) in [6.45, 7) is 9.39. The van der Waals surface area contributed by atoms with Crippen LogP contribution in [0.3, 0.4) is 0 Å². The molecule has 2 rings (SSSR count). The van der Waals surface area contributed by atoms with Gasteiger partial charge in [-0.25, -0.2) is 4.79 Å². The van der Waals surface area contributed by atoms with Crippen molar-refractivity contribution in [3.8, 4) is 5.75 Å². The second-order valence-corrected chi connectivity index (χ2v) is 6.59. The molecule has 0 bridgehead atoms. The number of rotatable bonds is 6. The van der Waals surface area contributed by atoms with Crippen LogP contribution in [0.1, 0.15) is 40.9 Å². The zero-order valence-corrected chi connectivity index (χ0v) is 15.9. The highest BCUT2D eigenvalue weighted by Crippen LogP contribution is 2.21. The van der Waals surface area contributed by atoms with Crippen LogP contribution in [0.2, 0.25) is 0 Å². The Balaban J connectivity index is 1.92. The largest absolute Gasteiger partial charge is 0.491 e. The van der Waals surface area contributed by atoms with E-state index >= 15 is 0 Å². The van der Waals surface area contributed by atoms with Gasteiger partial charge in [0.25, 0.3) is 5.91 Å². The van der Waals surface area contributed by atoms with Gasteiger partial charge in [-0.3, -0.25) is 4.79 Å². The van der Waals surface area contributed by atoms with E-state index in [2.05, 4.69) is 5.32 Å². The summed E-state index contributed by atoms with van der Waals surface area (Å²) in [6, 6.07) is 10.6. The predicted octanol–water partition coefficient (Wildman–Crippen LogP) is 4.19. The standard InChI is InChI=1S/C21H25NO4/c1-13(2)26-18-8-6-17(7-9-18)21(24)25-12-19(23)22-20-15(4)10-14(3)11-16(20)5/h6-11,13H,12H2,1-5H3,(H,22,23). The van der Waals surface area contributed by atoms with Gasteiger partial charge in [0, 0.05) is 5.69 Å². The van der Waals surface area contributed by atoms with Crippen LogP contribution in [0.4, 0.5) is 5.69 Å². The molecule has 0 atom stereocenters. The zero-order valence-electron chi connectivity index (χ0n) is 15.9. The summed E-state index contributed by atoms with van der Waals surface area (Å²) in [5, 5.41) is 2.81. The van der Waals surface area contributed by atoms with E-state index < -0.39 is 5.97 Å². The molecule has 0 aliphatic carbocycles. The van der Waals surface area contributed by atoms with Crippen molar-refractivity contribution in [1.82, 2.24) is 0 Å². The Morgan fingerprint density at radius 3 is 2.12 bits per heavy atom. The Labute approximate surface area is 154 Å². The fourth-order valence-corrected chi connectivity index (χ4v) is 2.71. The topological polar surface area (TPSA) is 64.6 Å². The molecule has 0 spiro atoms. The van der Waals surface area contributed by atoms with Crippen LogP contribution in [-0.2, 0) is 9.53 Å². The summed E-state index contributed by atoms with van der Waals surface area (Å²) in [7, 11) is 0. The number of aryl methyl sites for hydroxylation is 3. The molecule has 5 nitrogen and oxygen atoms in total. The summed E-state index contributed by atoms with van der Waals surface area (Å²) in [6.07, 6.45) is 0.0604. The Bertz CT molecular complexity index is 771. The normalized spacial score (nSPS) is 10.5. The number of hydrogen-bond acceptors (Lipinski definition) is 4.